The summed E-state index contributed by atoms with van der Waals surface area (Å²) in [6.45, 7) is 3.83. The maximum absolute atomic E-state index is 12.2. The fourth-order valence-electron chi connectivity index (χ4n) is 1.87. The van der Waals surface area contributed by atoms with Gasteiger partial charge in [0.1, 0.15) is 5.69 Å². The van der Waals surface area contributed by atoms with Gasteiger partial charge >= 0.3 is 0 Å². The van der Waals surface area contributed by atoms with Gasteiger partial charge in [-0.25, -0.2) is 0 Å². The highest BCUT2D eigenvalue weighted by Crippen LogP contribution is 2.12. The minimum atomic E-state index is -0.0303. The molecule has 0 bridgehead atoms. The molecule has 1 aliphatic rings. The zero-order chi connectivity index (χ0) is 12.3. The summed E-state index contributed by atoms with van der Waals surface area (Å²) in [6.07, 6.45) is 1.74. The van der Waals surface area contributed by atoms with E-state index in [-0.39, 0.29) is 12.0 Å². The standard InChI is InChI=1S/C12H17N3O2/c1-9-8-15(5-6-17-9)12(16)11-7-10(13-2)3-4-14-11/h3-4,7,9H,5-6,8H2,1-2H3,(H,13,14). The molecular weight excluding hydrogens is 218 g/mol. The van der Waals surface area contributed by atoms with Crippen LogP contribution < -0.4 is 5.32 Å². The number of ether oxygens (including phenoxy) is 1. The van der Waals surface area contributed by atoms with E-state index in [9.17, 15) is 4.79 Å². The van der Waals surface area contributed by atoms with Crippen LogP contribution in [0.2, 0.25) is 0 Å². The van der Waals surface area contributed by atoms with Crippen LogP contribution in [-0.4, -0.2) is 48.6 Å². The van der Waals surface area contributed by atoms with Gasteiger partial charge in [0.15, 0.2) is 0 Å². The van der Waals surface area contributed by atoms with Crippen LogP contribution in [-0.2, 0) is 4.74 Å². The van der Waals surface area contributed by atoms with E-state index in [1.54, 1.807) is 17.2 Å². The van der Waals surface area contributed by atoms with Crippen LogP contribution in [0.1, 0.15) is 17.4 Å². The fraction of sp³-hybridized carbons (Fsp3) is 0.500. The van der Waals surface area contributed by atoms with Gasteiger partial charge in [-0.15, -0.1) is 0 Å². The highest BCUT2D eigenvalue weighted by atomic mass is 16.5. The first-order valence-corrected chi connectivity index (χ1v) is 5.75. The Balaban J connectivity index is 2.12. The summed E-state index contributed by atoms with van der Waals surface area (Å²) in [4.78, 5) is 18.1. The number of carbonyl (C=O) groups excluding carboxylic acids is 1. The monoisotopic (exact) mass is 235 g/mol. The molecule has 1 aliphatic heterocycles. The second-order valence-electron chi connectivity index (χ2n) is 4.11. The molecule has 0 aliphatic carbocycles. The maximum Gasteiger partial charge on any atom is 0.272 e. The molecule has 1 fully saturated rings. The molecule has 0 aromatic carbocycles. The Morgan fingerprint density at radius 2 is 2.47 bits per heavy atom. The number of rotatable bonds is 2. The van der Waals surface area contributed by atoms with Gasteiger partial charge in [0.05, 0.1) is 12.7 Å². The number of morpholine rings is 1. The van der Waals surface area contributed by atoms with E-state index in [0.717, 1.165) is 5.69 Å². The van der Waals surface area contributed by atoms with Crippen molar-refractivity contribution in [2.75, 3.05) is 32.1 Å². The predicted molar refractivity (Wildman–Crippen MR) is 65.1 cm³/mol. The van der Waals surface area contributed by atoms with Gasteiger partial charge in [-0.05, 0) is 19.1 Å². The summed E-state index contributed by atoms with van der Waals surface area (Å²) in [5.41, 5.74) is 1.37. The molecule has 1 atom stereocenters. The van der Waals surface area contributed by atoms with Crippen molar-refractivity contribution in [1.29, 1.82) is 0 Å². The molecule has 1 N–H and O–H groups in total. The van der Waals surface area contributed by atoms with Crippen molar-refractivity contribution in [1.82, 2.24) is 9.88 Å². The fourth-order valence-corrected chi connectivity index (χ4v) is 1.87. The molecule has 92 valence electrons. The number of hydrogen-bond donors (Lipinski definition) is 1. The Morgan fingerprint density at radius 3 is 3.18 bits per heavy atom. The third kappa shape index (κ3) is 2.74. The van der Waals surface area contributed by atoms with Gasteiger partial charge < -0.3 is 15.0 Å². The maximum atomic E-state index is 12.2. The van der Waals surface area contributed by atoms with Gasteiger partial charge in [0.25, 0.3) is 5.91 Å². The topological polar surface area (TPSA) is 54.5 Å². The Morgan fingerprint density at radius 1 is 1.65 bits per heavy atom. The Labute approximate surface area is 101 Å². The molecule has 1 saturated heterocycles. The molecule has 5 heteroatoms. The lowest BCUT2D eigenvalue weighted by Gasteiger charge is -2.30. The summed E-state index contributed by atoms with van der Waals surface area (Å²) in [5, 5.41) is 3.00. The summed E-state index contributed by atoms with van der Waals surface area (Å²) in [6, 6.07) is 3.60. The largest absolute Gasteiger partial charge is 0.388 e. The smallest absolute Gasteiger partial charge is 0.272 e. The number of nitrogens with one attached hydrogen (secondary N) is 1. The summed E-state index contributed by atoms with van der Waals surface area (Å²) in [5.74, 6) is -0.0303. The number of carbonyl (C=O) groups is 1. The predicted octanol–water partition coefficient (Wildman–Crippen LogP) is 0.984. The van der Waals surface area contributed by atoms with E-state index in [1.165, 1.54) is 0 Å². The van der Waals surface area contributed by atoms with Crippen LogP contribution in [0.5, 0.6) is 0 Å². The lowest BCUT2D eigenvalue weighted by molar-refractivity contribution is -0.0126. The summed E-state index contributed by atoms with van der Waals surface area (Å²) in [7, 11) is 1.82. The van der Waals surface area contributed by atoms with Gasteiger partial charge in [0, 0.05) is 32.0 Å². The number of pyridine rings is 1. The molecule has 1 amide bonds. The average molecular weight is 235 g/mol. The van der Waals surface area contributed by atoms with E-state index in [2.05, 4.69) is 10.3 Å². The van der Waals surface area contributed by atoms with E-state index in [0.29, 0.717) is 25.4 Å². The summed E-state index contributed by atoms with van der Waals surface area (Å²) >= 11 is 0. The molecule has 0 saturated carbocycles. The Kier molecular flexibility index (Phi) is 3.58. The van der Waals surface area contributed by atoms with Gasteiger partial charge in [0.2, 0.25) is 0 Å². The lowest BCUT2D eigenvalue weighted by atomic mass is 10.2. The van der Waals surface area contributed by atoms with Crippen molar-refractivity contribution in [3.05, 3.63) is 24.0 Å². The molecule has 2 heterocycles. The highest BCUT2D eigenvalue weighted by molar-refractivity contribution is 5.93. The Bertz CT molecular complexity index is 408. The molecule has 2 rings (SSSR count). The molecule has 0 spiro atoms. The zero-order valence-electron chi connectivity index (χ0n) is 10.1. The van der Waals surface area contributed by atoms with E-state index < -0.39 is 0 Å². The van der Waals surface area contributed by atoms with Gasteiger partial charge in [-0.1, -0.05) is 0 Å². The number of amides is 1. The second kappa shape index (κ2) is 5.14. The van der Waals surface area contributed by atoms with Gasteiger partial charge in [-0.3, -0.25) is 9.78 Å². The van der Waals surface area contributed by atoms with Crippen molar-refractivity contribution in [3.63, 3.8) is 0 Å². The quantitative estimate of drug-likeness (QED) is 0.830. The third-order valence-electron chi connectivity index (χ3n) is 2.80. The highest BCUT2D eigenvalue weighted by Gasteiger charge is 2.23. The number of hydrogen-bond acceptors (Lipinski definition) is 4. The second-order valence-corrected chi connectivity index (χ2v) is 4.11. The Hall–Kier alpha value is -1.62. The van der Waals surface area contributed by atoms with Crippen LogP contribution in [0.25, 0.3) is 0 Å². The van der Waals surface area contributed by atoms with Gasteiger partial charge in [-0.2, -0.15) is 0 Å². The zero-order valence-corrected chi connectivity index (χ0v) is 10.1. The first-order valence-electron chi connectivity index (χ1n) is 5.75. The van der Waals surface area contributed by atoms with Crippen molar-refractivity contribution < 1.29 is 9.53 Å². The molecule has 1 aromatic rings. The molecule has 17 heavy (non-hydrogen) atoms. The summed E-state index contributed by atoms with van der Waals surface area (Å²) < 4.78 is 5.41. The molecule has 1 aromatic heterocycles. The van der Waals surface area contributed by atoms with E-state index in [4.69, 9.17) is 4.74 Å². The van der Waals surface area contributed by atoms with Crippen LogP contribution in [0.4, 0.5) is 5.69 Å². The molecule has 5 nitrogen and oxygen atoms in total. The first kappa shape index (κ1) is 11.9. The minimum Gasteiger partial charge on any atom is -0.388 e. The average Bonchev–Trinajstić information content (AvgIpc) is 2.38. The van der Waals surface area contributed by atoms with Crippen molar-refractivity contribution in [3.8, 4) is 0 Å². The van der Waals surface area contributed by atoms with Crippen molar-refractivity contribution >= 4 is 11.6 Å². The number of anilines is 1. The van der Waals surface area contributed by atoms with Crippen LogP contribution in [0.15, 0.2) is 18.3 Å². The molecule has 0 radical (unpaired) electrons. The van der Waals surface area contributed by atoms with Crippen LogP contribution >= 0.6 is 0 Å². The lowest BCUT2D eigenvalue weighted by Crippen LogP contribution is -2.44. The normalized spacial score (nSPS) is 20.1. The molecule has 1 unspecified atom stereocenters. The minimum absolute atomic E-state index is 0.0303. The van der Waals surface area contributed by atoms with Crippen LogP contribution in [0, 0.1) is 0 Å². The van der Waals surface area contributed by atoms with Crippen LogP contribution in [0.3, 0.4) is 0 Å². The third-order valence-corrected chi connectivity index (χ3v) is 2.80. The van der Waals surface area contributed by atoms with E-state index >= 15 is 0 Å². The first-order chi connectivity index (χ1) is 8.20. The molecular formula is C12H17N3O2. The SMILES string of the molecule is CNc1ccnc(C(=O)N2CCOC(C)C2)c1. The van der Waals surface area contributed by atoms with Crippen molar-refractivity contribution in [2.45, 2.75) is 13.0 Å². The number of aromatic nitrogens is 1. The van der Waals surface area contributed by atoms with E-state index in [1.807, 2.05) is 20.0 Å². The number of nitrogens with zero attached hydrogens (tertiary/aromatic N) is 2. The van der Waals surface area contributed by atoms with Crippen molar-refractivity contribution in [2.24, 2.45) is 0 Å².